The second-order valence-corrected chi connectivity index (χ2v) is 21.3. The standard InChI is InChI=1S/C56H62O9/c1-32(2)8-6-9-33(3)46-22-23-47-43-20-21-49-50(35-13-15-37(16-14-35)65-61-31-34-12-18-41-44(28-34)53(59)63-51(41)57)40(24-26-56(49,5)48(43)25-27-55(46,47)4)36-10-7-11-38(29-36)62-39-17-19-42-45(30-39)54(60)64-52(42)58/h7,10-19,28-30,32-33,40,43,46-50H,6,8-9,20-27,31H2,1-5H3. The molecule has 0 N–H and O–H groups in total. The predicted molar refractivity (Wildman–Crippen MR) is 245 cm³/mol. The maximum Gasteiger partial charge on any atom is 0.347 e. The summed E-state index contributed by atoms with van der Waals surface area (Å²) in [6.45, 7) is 12.7. The molecule has 0 saturated heterocycles. The van der Waals surface area contributed by atoms with Crippen LogP contribution in [0.3, 0.4) is 0 Å². The lowest BCUT2D eigenvalue weighted by Gasteiger charge is -2.63. The Kier molecular flexibility index (Phi) is 11.5. The summed E-state index contributed by atoms with van der Waals surface area (Å²) in [4.78, 5) is 60.0. The maximum atomic E-state index is 12.4. The molecule has 10 atom stereocenters. The Hall–Kier alpha value is -5.28. The van der Waals surface area contributed by atoms with Crippen LogP contribution in [0.4, 0.5) is 0 Å². The summed E-state index contributed by atoms with van der Waals surface area (Å²) in [6, 6.07) is 26.7. The van der Waals surface area contributed by atoms with E-state index in [-0.39, 0.29) is 46.1 Å². The van der Waals surface area contributed by atoms with Crippen molar-refractivity contribution in [2.45, 2.75) is 124 Å². The van der Waals surface area contributed by atoms with Crippen LogP contribution in [0.2, 0.25) is 0 Å². The molecule has 4 aliphatic carbocycles. The van der Waals surface area contributed by atoms with Crippen molar-refractivity contribution in [3.63, 3.8) is 0 Å². The van der Waals surface area contributed by atoms with Crippen molar-refractivity contribution in [2.75, 3.05) is 0 Å². The fourth-order valence-electron chi connectivity index (χ4n) is 14.4. The number of hydrogen-bond acceptors (Lipinski definition) is 9. The Bertz CT molecular complexity index is 2510. The number of hydrogen-bond donors (Lipinski definition) is 0. The predicted octanol–water partition coefficient (Wildman–Crippen LogP) is 13.2. The minimum atomic E-state index is -0.650. The molecule has 65 heavy (non-hydrogen) atoms. The fourth-order valence-corrected chi connectivity index (χ4v) is 14.4. The van der Waals surface area contributed by atoms with Crippen molar-refractivity contribution < 1.29 is 43.2 Å². The Morgan fingerprint density at radius 1 is 0.600 bits per heavy atom. The summed E-state index contributed by atoms with van der Waals surface area (Å²) in [5.74, 6) is 4.89. The normalized spacial score (nSPS) is 30.5. The number of esters is 4. The molecule has 0 aromatic heterocycles. The van der Waals surface area contributed by atoms with E-state index < -0.39 is 23.9 Å². The van der Waals surface area contributed by atoms with Gasteiger partial charge in [-0.1, -0.05) is 84.2 Å². The van der Waals surface area contributed by atoms with Gasteiger partial charge in [0, 0.05) is 0 Å². The number of fused-ring (bicyclic) bond motifs is 7. The van der Waals surface area contributed by atoms with Crippen LogP contribution >= 0.6 is 0 Å². The van der Waals surface area contributed by atoms with Crippen LogP contribution in [0.15, 0.2) is 84.9 Å². The first-order valence-electron chi connectivity index (χ1n) is 24.3. The molecule has 10 rings (SSSR count). The molecule has 9 heteroatoms. The lowest BCUT2D eigenvalue weighted by Crippen LogP contribution is -2.55. The minimum Gasteiger partial charge on any atom is -0.457 e. The van der Waals surface area contributed by atoms with Gasteiger partial charge in [-0.25, -0.2) is 19.2 Å². The third kappa shape index (κ3) is 7.89. The van der Waals surface area contributed by atoms with E-state index in [4.69, 9.17) is 24.0 Å². The molecule has 9 nitrogen and oxygen atoms in total. The first-order valence-corrected chi connectivity index (χ1v) is 24.3. The Morgan fingerprint density at radius 2 is 1.25 bits per heavy atom. The van der Waals surface area contributed by atoms with Crippen LogP contribution in [-0.4, -0.2) is 23.9 Å². The van der Waals surface area contributed by atoms with E-state index >= 15 is 0 Å². The van der Waals surface area contributed by atoms with Gasteiger partial charge in [0.15, 0.2) is 5.75 Å². The second kappa shape index (κ2) is 17.2. The van der Waals surface area contributed by atoms with Gasteiger partial charge in [-0.2, -0.15) is 4.89 Å². The zero-order valence-electron chi connectivity index (χ0n) is 38.4. The van der Waals surface area contributed by atoms with Gasteiger partial charge in [0.2, 0.25) is 0 Å². The number of benzene rings is 4. The van der Waals surface area contributed by atoms with Crippen LogP contribution < -0.4 is 9.62 Å². The highest BCUT2D eigenvalue weighted by molar-refractivity contribution is 6.15. The summed E-state index contributed by atoms with van der Waals surface area (Å²) in [5.41, 5.74) is 4.86. The summed E-state index contributed by atoms with van der Waals surface area (Å²) in [7, 11) is 0. The van der Waals surface area contributed by atoms with E-state index in [0.29, 0.717) is 40.1 Å². The number of rotatable bonds is 13. The largest absolute Gasteiger partial charge is 0.457 e. The average Bonchev–Trinajstić information content (AvgIpc) is 3.90. The van der Waals surface area contributed by atoms with Gasteiger partial charge in [-0.3, -0.25) is 0 Å². The molecular formula is C56H62O9. The third-order valence-electron chi connectivity index (χ3n) is 17.5. The van der Waals surface area contributed by atoms with E-state index in [1.54, 1.807) is 36.4 Å². The highest BCUT2D eigenvalue weighted by Gasteiger charge is 2.62. The van der Waals surface area contributed by atoms with E-state index in [1.165, 1.54) is 75.3 Å². The number of ether oxygens (including phenoxy) is 3. The van der Waals surface area contributed by atoms with Gasteiger partial charge >= 0.3 is 23.9 Å². The molecular weight excluding hydrogens is 817 g/mol. The van der Waals surface area contributed by atoms with Gasteiger partial charge in [0.1, 0.15) is 18.1 Å². The van der Waals surface area contributed by atoms with Crippen LogP contribution in [-0.2, 0) is 21.0 Å². The molecule has 4 fully saturated rings. The first-order chi connectivity index (χ1) is 31.3. The Balaban J connectivity index is 0.905. The zero-order valence-corrected chi connectivity index (χ0v) is 38.4. The highest BCUT2D eigenvalue weighted by Crippen LogP contribution is 2.71. The molecule has 0 spiro atoms. The zero-order chi connectivity index (χ0) is 45.2. The van der Waals surface area contributed by atoms with E-state index in [0.717, 1.165) is 36.0 Å². The molecule has 4 saturated carbocycles. The molecule has 0 radical (unpaired) electrons. The topological polar surface area (TPSA) is 114 Å². The Labute approximate surface area is 382 Å². The number of carbonyl (C=O) groups is 4. The van der Waals surface area contributed by atoms with Crippen molar-refractivity contribution in [3.05, 3.63) is 124 Å². The lowest BCUT2D eigenvalue weighted by atomic mass is 9.41. The van der Waals surface area contributed by atoms with Gasteiger partial charge < -0.3 is 19.1 Å². The maximum absolute atomic E-state index is 12.4. The molecule has 0 amide bonds. The molecule has 0 bridgehead atoms. The first kappa shape index (κ1) is 43.6. The lowest BCUT2D eigenvalue weighted by molar-refractivity contribution is -0.217. The molecule has 2 heterocycles. The van der Waals surface area contributed by atoms with Gasteiger partial charge in [-0.15, -0.1) is 0 Å². The van der Waals surface area contributed by atoms with Crippen molar-refractivity contribution in [1.82, 2.24) is 0 Å². The number of carbonyl (C=O) groups excluding carboxylic acids is 4. The summed E-state index contributed by atoms with van der Waals surface area (Å²) in [6.07, 6.45) is 14.3. The summed E-state index contributed by atoms with van der Waals surface area (Å²) in [5, 5.41) is 0. The fraction of sp³-hybridized carbons (Fsp3) is 0.500. The molecule has 340 valence electrons. The second-order valence-electron chi connectivity index (χ2n) is 21.3. The quantitative estimate of drug-likeness (QED) is 0.0560. The highest BCUT2D eigenvalue weighted by atomic mass is 17.2. The Morgan fingerprint density at radius 3 is 2.00 bits per heavy atom. The molecule has 2 aliphatic heterocycles. The minimum absolute atomic E-state index is 0.0914. The third-order valence-corrected chi connectivity index (χ3v) is 17.5. The van der Waals surface area contributed by atoms with E-state index in [2.05, 4.69) is 65.0 Å². The van der Waals surface area contributed by atoms with Gasteiger partial charge in [0.05, 0.1) is 22.3 Å². The molecule has 6 aliphatic rings. The summed E-state index contributed by atoms with van der Waals surface area (Å²) >= 11 is 0. The van der Waals surface area contributed by atoms with Crippen molar-refractivity contribution in [3.8, 4) is 17.2 Å². The van der Waals surface area contributed by atoms with E-state index in [1.807, 2.05) is 18.2 Å². The van der Waals surface area contributed by atoms with Crippen molar-refractivity contribution >= 4 is 23.9 Å². The van der Waals surface area contributed by atoms with Crippen LogP contribution in [0.1, 0.15) is 175 Å². The SMILES string of the molecule is CC(C)CCCC(C)C1CCC2C3CCC4C(c5ccc(OOCc6ccc7c(c6)C(=O)OC7=O)cc5)C(c5cccc(Oc6ccc7c(c6)C(=O)OC7=O)c5)CCC4(C)C3CCC12C. The van der Waals surface area contributed by atoms with E-state index in [9.17, 15) is 19.2 Å². The van der Waals surface area contributed by atoms with Gasteiger partial charge in [0.25, 0.3) is 0 Å². The van der Waals surface area contributed by atoms with Crippen LogP contribution in [0, 0.1) is 52.3 Å². The smallest absolute Gasteiger partial charge is 0.347 e. The number of cyclic esters (lactones) is 4. The van der Waals surface area contributed by atoms with Gasteiger partial charge in [-0.05, 0) is 187 Å². The van der Waals surface area contributed by atoms with Crippen LogP contribution in [0.5, 0.6) is 17.2 Å². The van der Waals surface area contributed by atoms with Crippen molar-refractivity contribution in [2.24, 2.45) is 52.3 Å². The monoisotopic (exact) mass is 878 g/mol. The summed E-state index contributed by atoms with van der Waals surface area (Å²) < 4.78 is 16.0. The molecule has 10 unspecified atom stereocenters. The van der Waals surface area contributed by atoms with Crippen LogP contribution in [0.25, 0.3) is 0 Å². The molecule has 4 aromatic rings. The molecule has 4 aromatic carbocycles. The van der Waals surface area contributed by atoms with Crippen molar-refractivity contribution in [1.29, 1.82) is 0 Å². The average molecular weight is 879 g/mol.